The largest absolute Gasteiger partial charge is 0.323 e. The van der Waals surface area contributed by atoms with Gasteiger partial charge in [0.1, 0.15) is 0 Å². The van der Waals surface area contributed by atoms with Crippen LogP contribution in [-0.4, -0.2) is 5.75 Å². The number of nitrogens with two attached hydrogens (primary N) is 1. The Balaban J connectivity index is 1.62. The Hall–Kier alpha value is -0.960. The molecule has 1 saturated carbocycles. The fourth-order valence-corrected chi connectivity index (χ4v) is 3.62. The first kappa shape index (κ1) is 15.0. The molecule has 1 nitrogen and oxygen atoms in total. The van der Waals surface area contributed by atoms with Crippen molar-refractivity contribution in [2.75, 3.05) is 5.75 Å². The molecule has 110 valence electrons. The van der Waals surface area contributed by atoms with Gasteiger partial charge in [0.25, 0.3) is 0 Å². The van der Waals surface area contributed by atoms with E-state index in [0.29, 0.717) is 0 Å². The van der Waals surface area contributed by atoms with Crippen LogP contribution in [0, 0.1) is 0 Å². The monoisotopic (exact) mass is 317 g/mol. The van der Waals surface area contributed by atoms with E-state index >= 15 is 0 Å². The molecular formula is C18H20ClNS. The molecule has 0 amide bonds. The Labute approximate surface area is 135 Å². The van der Waals surface area contributed by atoms with Crippen molar-refractivity contribution >= 4 is 23.4 Å². The van der Waals surface area contributed by atoms with Crippen LogP contribution in [0.5, 0.6) is 0 Å². The standard InChI is InChI=1S/C18H20ClNS/c19-16-7-9-17(10-8-16)21-12-18(20)15-6-2-5-14(11-15)13-3-1-4-13/h2,5-11,13,18H,1,3-4,12,20H2. The molecule has 2 N–H and O–H groups in total. The number of hydrogen-bond donors (Lipinski definition) is 1. The molecular weight excluding hydrogens is 298 g/mol. The van der Waals surface area contributed by atoms with Crippen molar-refractivity contribution in [3.63, 3.8) is 0 Å². The van der Waals surface area contributed by atoms with Gasteiger partial charge in [-0.1, -0.05) is 42.3 Å². The summed E-state index contributed by atoms with van der Waals surface area (Å²) in [4.78, 5) is 1.21. The number of thioether (sulfide) groups is 1. The van der Waals surface area contributed by atoms with Crippen molar-refractivity contribution in [3.8, 4) is 0 Å². The zero-order valence-corrected chi connectivity index (χ0v) is 13.5. The van der Waals surface area contributed by atoms with Crippen molar-refractivity contribution in [1.29, 1.82) is 0 Å². The lowest BCUT2D eigenvalue weighted by atomic mass is 9.79. The molecule has 0 heterocycles. The van der Waals surface area contributed by atoms with Crippen molar-refractivity contribution in [1.82, 2.24) is 0 Å². The summed E-state index contributed by atoms with van der Waals surface area (Å²) in [6.45, 7) is 0. The fourth-order valence-electron chi connectivity index (χ4n) is 2.60. The second-order valence-electron chi connectivity index (χ2n) is 5.67. The molecule has 21 heavy (non-hydrogen) atoms. The highest BCUT2D eigenvalue weighted by atomic mass is 35.5. The molecule has 1 aliphatic carbocycles. The molecule has 0 spiro atoms. The van der Waals surface area contributed by atoms with Gasteiger partial charge >= 0.3 is 0 Å². The van der Waals surface area contributed by atoms with Crippen LogP contribution in [0.2, 0.25) is 5.02 Å². The summed E-state index contributed by atoms with van der Waals surface area (Å²) in [7, 11) is 0. The molecule has 2 aromatic carbocycles. The van der Waals surface area contributed by atoms with E-state index in [2.05, 4.69) is 24.3 Å². The van der Waals surface area contributed by atoms with Crippen molar-refractivity contribution < 1.29 is 0 Å². The van der Waals surface area contributed by atoms with Crippen LogP contribution in [0.4, 0.5) is 0 Å². The lowest BCUT2D eigenvalue weighted by Gasteiger charge is -2.26. The molecule has 2 aromatic rings. The molecule has 0 saturated heterocycles. The Morgan fingerprint density at radius 2 is 1.90 bits per heavy atom. The Kier molecular flexibility index (Phi) is 4.89. The maximum atomic E-state index is 6.35. The number of benzene rings is 2. The van der Waals surface area contributed by atoms with Crippen LogP contribution >= 0.6 is 23.4 Å². The van der Waals surface area contributed by atoms with Crippen LogP contribution < -0.4 is 5.73 Å². The van der Waals surface area contributed by atoms with E-state index in [1.54, 1.807) is 11.8 Å². The van der Waals surface area contributed by atoms with Crippen molar-refractivity contribution in [3.05, 3.63) is 64.7 Å². The first-order chi connectivity index (χ1) is 10.2. The minimum atomic E-state index is 0.0747. The number of rotatable bonds is 5. The SMILES string of the molecule is NC(CSc1ccc(Cl)cc1)c1cccc(C2CCC2)c1. The third kappa shape index (κ3) is 3.82. The summed E-state index contributed by atoms with van der Waals surface area (Å²) in [5.74, 6) is 1.65. The second kappa shape index (κ2) is 6.87. The first-order valence-corrected chi connectivity index (χ1v) is 8.82. The second-order valence-corrected chi connectivity index (χ2v) is 7.20. The van der Waals surface area contributed by atoms with Gasteiger partial charge in [-0.2, -0.15) is 0 Å². The molecule has 1 unspecified atom stereocenters. The smallest absolute Gasteiger partial charge is 0.0406 e. The van der Waals surface area contributed by atoms with Crippen LogP contribution in [0.1, 0.15) is 42.3 Å². The van der Waals surface area contributed by atoms with Crippen LogP contribution in [0.25, 0.3) is 0 Å². The molecule has 1 atom stereocenters. The molecule has 0 radical (unpaired) electrons. The van der Waals surface area contributed by atoms with E-state index in [1.807, 2.05) is 24.3 Å². The fraction of sp³-hybridized carbons (Fsp3) is 0.333. The van der Waals surface area contributed by atoms with E-state index in [-0.39, 0.29) is 6.04 Å². The highest BCUT2D eigenvalue weighted by Crippen LogP contribution is 2.37. The molecule has 1 fully saturated rings. The molecule has 0 bridgehead atoms. The van der Waals surface area contributed by atoms with Gasteiger partial charge in [0.15, 0.2) is 0 Å². The number of hydrogen-bond acceptors (Lipinski definition) is 2. The van der Waals surface area contributed by atoms with Gasteiger partial charge in [0, 0.05) is 21.7 Å². The third-order valence-electron chi connectivity index (χ3n) is 4.16. The average molecular weight is 318 g/mol. The van der Waals surface area contributed by atoms with Gasteiger partial charge in [0.2, 0.25) is 0 Å². The summed E-state index contributed by atoms with van der Waals surface area (Å²) < 4.78 is 0. The number of halogens is 1. The maximum Gasteiger partial charge on any atom is 0.0406 e. The average Bonchev–Trinajstić information content (AvgIpc) is 2.45. The predicted octanol–water partition coefficient (Wildman–Crippen LogP) is 5.40. The quantitative estimate of drug-likeness (QED) is 0.747. The molecule has 1 aliphatic rings. The molecule has 3 rings (SSSR count). The highest BCUT2D eigenvalue weighted by molar-refractivity contribution is 7.99. The zero-order valence-electron chi connectivity index (χ0n) is 12.0. The molecule has 3 heteroatoms. The predicted molar refractivity (Wildman–Crippen MR) is 92.1 cm³/mol. The lowest BCUT2D eigenvalue weighted by molar-refractivity contribution is 0.419. The molecule has 0 aliphatic heterocycles. The van der Waals surface area contributed by atoms with E-state index in [1.165, 1.54) is 35.3 Å². The Morgan fingerprint density at radius 3 is 2.57 bits per heavy atom. The van der Waals surface area contributed by atoms with Gasteiger partial charge in [0.05, 0.1) is 0 Å². The van der Waals surface area contributed by atoms with E-state index in [4.69, 9.17) is 17.3 Å². The first-order valence-electron chi connectivity index (χ1n) is 7.46. The summed E-state index contributed by atoms with van der Waals surface area (Å²) in [5.41, 5.74) is 9.07. The summed E-state index contributed by atoms with van der Waals surface area (Å²) in [6, 6.07) is 16.9. The molecule has 0 aromatic heterocycles. The van der Waals surface area contributed by atoms with Gasteiger partial charge in [-0.15, -0.1) is 11.8 Å². The Morgan fingerprint density at radius 1 is 1.14 bits per heavy atom. The van der Waals surface area contributed by atoms with Gasteiger partial charge < -0.3 is 5.73 Å². The van der Waals surface area contributed by atoms with E-state index < -0.39 is 0 Å². The maximum absolute atomic E-state index is 6.35. The topological polar surface area (TPSA) is 26.0 Å². The minimum Gasteiger partial charge on any atom is -0.323 e. The normalized spacial score (nSPS) is 16.5. The van der Waals surface area contributed by atoms with E-state index in [9.17, 15) is 0 Å². The minimum absolute atomic E-state index is 0.0747. The van der Waals surface area contributed by atoms with Crippen LogP contribution in [-0.2, 0) is 0 Å². The van der Waals surface area contributed by atoms with E-state index in [0.717, 1.165) is 16.7 Å². The van der Waals surface area contributed by atoms with Gasteiger partial charge in [-0.25, -0.2) is 0 Å². The Bertz CT molecular complexity index is 592. The van der Waals surface area contributed by atoms with Crippen molar-refractivity contribution in [2.24, 2.45) is 5.73 Å². The third-order valence-corrected chi connectivity index (χ3v) is 5.54. The highest BCUT2D eigenvalue weighted by Gasteiger charge is 2.20. The van der Waals surface area contributed by atoms with Crippen LogP contribution in [0.3, 0.4) is 0 Å². The lowest BCUT2D eigenvalue weighted by Crippen LogP contribution is -2.14. The van der Waals surface area contributed by atoms with Crippen LogP contribution in [0.15, 0.2) is 53.4 Å². The van der Waals surface area contributed by atoms with Gasteiger partial charge in [-0.3, -0.25) is 0 Å². The summed E-state index contributed by atoms with van der Waals surface area (Å²) in [6.07, 6.45) is 4.03. The zero-order chi connectivity index (χ0) is 14.7. The van der Waals surface area contributed by atoms with Gasteiger partial charge in [-0.05, 0) is 54.2 Å². The summed E-state index contributed by atoms with van der Waals surface area (Å²) in [5, 5.41) is 0.775. The van der Waals surface area contributed by atoms with Crippen molar-refractivity contribution in [2.45, 2.75) is 36.1 Å². The summed E-state index contributed by atoms with van der Waals surface area (Å²) >= 11 is 7.68.